The van der Waals surface area contributed by atoms with E-state index in [0.717, 1.165) is 64.2 Å². The molecular formula is C56H103NO5. The Bertz CT molecular complexity index is 1050. The number of hydrogen-bond acceptors (Lipinski definition) is 5. The Morgan fingerprint density at radius 2 is 0.823 bits per heavy atom. The number of allylic oxidation sites excluding steroid dienone is 7. The van der Waals surface area contributed by atoms with Gasteiger partial charge in [0, 0.05) is 12.8 Å². The van der Waals surface area contributed by atoms with E-state index in [1.54, 1.807) is 6.08 Å². The van der Waals surface area contributed by atoms with Crippen LogP contribution in [0.2, 0.25) is 0 Å². The van der Waals surface area contributed by atoms with Crippen LogP contribution in [0.5, 0.6) is 0 Å². The highest BCUT2D eigenvalue weighted by atomic mass is 16.5. The van der Waals surface area contributed by atoms with Gasteiger partial charge in [0.2, 0.25) is 5.91 Å². The third-order valence-electron chi connectivity index (χ3n) is 12.1. The Morgan fingerprint density at radius 3 is 1.29 bits per heavy atom. The molecule has 0 aliphatic rings. The van der Waals surface area contributed by atoms with E-state index in [9.17, 15) is 19.8 Å². The van der Waals surface area contributed by atoms with Crippen molar-refractivity contribution in [1.29, 1.82) is 0 Å². The average Bonchev–Trinajstić information content (AvgIpc) is 3.27. The molecule has 6 heteroatoms. The van der Waals surface area contributed by atoms with Crippen LogP contribution in [0, 0.1) is 0 Å². The van der Waals surface area contributed by atoms with Crippen molar-refractivity contribution < 1.29 is 24.5 Å². The molecule has 0 spiro atoms. The van der Waals surface area contributed by atoms with Crippen LogP contribution in [0.15, 0.2) is 48.6 Å². The quantitative estimate of drug-likeness (QED) is 0.0322. The van der Waals surface area contributed by atoms with E-state index in [4.69, 9.17) is 4.74 Å². The molecule has 0 radical (unpaired) electrons. The summed E-state index contributed by atoms with van der Waals surface area (Å²) in [7, 11) is 0. The summed E-state index contributed by atoms with van der Waals surface area (Å²) in [5.41, 5.74) is 0. The van der Waals surface area contributed by atoms with E-state index < -0.39 is 12.1 Å². The molecule has 0 saturated heterocycles. The number of esters is 1. The first-order chi connectivity index (χ1) is 30.5. The first-order valence-electron chi connectivity index (χ1n) is 26.9. The van der Waals surface area contributed by atoms with Crippen LogP contribution in [-0.4, -0.2) is 47.4 Å². The minimum absolute atomic E-state index is 0.0182. The van der Waals surface area contributed by atoms with Crippen molar-refractivity contribution in [2.24, 2.45) is 0 Å². The zero-order chi connectivity index (χ0) is 45.1. The van der Waals surface area contributed by atoms with Crippen LogP contribution in [-0.2, 0) is 14.3 Å². The van der Waals surface area contributed by atoms with E-state index in [1.807, 2.05) is 6.08 Å². The van der Waals surface area contributed by atoms with Crippen LogP contribution in [0.1, 0.15) is 271 Å². The lowest BCUT2D eigenvalue weighted by Crippen LogP contribution is -2.45. The van der Waals surface area contributed by atoms with Gasteiger partial charge in [-0.15, -0.1) is 0 Å². The highest BCUT2D eigenvalue weighted by Gasteiger charge is 2.18. The molecule has 2 atom stereocenters. The minimum atomic E-state index is -0.853. The maximum atomic E-state index is 12.4. The summed E-state index contributed by atoms with van der Waals surface area (Å²) < 4.78 is 5.45. The summed E-state index contributed by atoms with van der Waals surface area (Å²) in [6.45, 7) is 4.82. The number of amides is 1. The van der Waals surface area contributed by atoms with E-state index >= 15 is 0 Å². The first-order valence-corrected chi connectivity index (χ1v) is 26.9. The Morgan fingerprint density at radius 1 is 0.452 bits per heavy atom. The van der Waals surface area contributed by atoms with Crippen molar-refractivity contribution in [2.45, 2.75) is 283 Å². The van der Waals surface area contributed by atoms with Crippen molar-refractivity contribution in [2.75, 3.05) is 13.2 Å². The van der Waals surface area contributed by atoms with E-state index in [1.165, 1.54) is 180 Å². The van der Waals surface area contributed by atoms with Gasteiger partial charge in [0.25, 0.3) is 0 Å². The van der Waals surface area contributed by atoms with Crippen LogP contribution in [0.3, 0.4) is 0 Å². The summed E-state index contributed by atoms with van der Waals surface area (Å²) in [4.78, 5) is 24.4. The van der Waals surface area contributed by atoms with Crippen LogP contribution in [0.4, 0.5) is 0 Å². The lowest BCUT2D eigenvalue weighted by atomic mass is 10.0. The van der Waals surface area contributed by atoms with Gasteiger partial charge in [0.15, 0.2) is 0 Å². The second kappa shape index (κ2) is 51.5. The van der Waals surface area contributed by atoms with Gasteiger partial charge in [0.05, 0.1) is 25.4 Å². The Hall–Kier alpha value is -2.18. The van der Waals surface area contributed by atoms with Crippen molar-refractivity contribution in [1.82, 2.24) is 5.32 Å². The number of carbonyl (C=O) groups excluding carboxylic acids is 2. The summed E-state index contributed by atoms with van der Waals surface area (Å²) in [5.74, 6) is -0.0997. The van der Waals surface area contributed by atoms with Gasteiger partial charge in [-0.25, -0.2) is 0 Å². The average molecular weight is 870 g/mol. The number of rotatable bonds is 49. The van der Waals surface area contributed by atoms with Crippen molar-refractivity contribution >= 4 is 11.9 Å². The SMILES string of the molecule is CCCC/C=C\C/C=C\CCCCCCCC(=O)OCCCCCCCC/C=C\CCCCCCCCCC(=O)NC(CO)C(O)/C=C/CCCCCCCCCCCCCC. The van der Waals surface area contributed by atoms with Crippen LogP contribution < -0.4 is 5.32 Å². The third-order valence-corrected chi connectivity index (χ3v) is 12.1. The predicted molar refractivity (Wildman–Crippen MR) is 269 cm³/mol. The summed E-state index contributed by atoms with van der Waals surface area (Å²) in [5, 5.41) is 23.0. The highest BCUT2D eigenvalue weighted by molar-refractivity contribution is 5.76. The molecule has 0 aromatic carbocycles. The molecule has 1 amide bonds. The molecule has 0 aliphatic carbocycles. The van der Waals surface area contributed by atoms with Crippen molar-refractivity contribution in [3.8, 4) is 0 Å². The molecule has 0 heterocycles. The maximum Gasteiger partial charge on any atom is 0.305 e. The molecule has 0 fully saturated rings. The van der Waals surface area contributed by atoms with Gasteiger partial charge < -0.3 is 20.3 Å². The zero-order valence-electron chi connectivity index (χ0n) is 41.1. The Balaban J connectivity index is 3.50. The smallest absolute Gasteiger partial charge is 0.305 e. The molecule has 0 saturated carbocycles. The molecular weight excluding hydrogens is 767 g/mol. The van der Waals surface area contributed by atoms with Crippen LogP contribution in [0.25, 0.3) is 0 Å². The molecule has 0 aromatic heterocycles. The van der Waals surface area contributed by atoms with E-state index in [2.05, 4.69) is 55.6 Å². The highest BCUT2D eigenvalue weighted by Crippen LogP contribution is 2.15. The second-order valence-corrected chi connectivity index (χ2v) is 18.2. The number of unbranched alkanes of at least 4 members (excludes halogenated alkanes) is 32. The number of ether oxygens (including phenoxy) is 1. The lowest BCUT2D eigenvalue weighted by Gasteiger charge is -2.20. The molecule has 62 heavy (non-hydrogen) atoms. The standard InChI is InChI=1S/C56H103NO5/c1-3-5-7-9-11-13-15-17-24-28-32-36-40-44-48-54(59)53(52-58)57-55(60)49-45-41-37-33-29-25-22-20-19-21-23-27-31-35-39-43-47-51-62-56(61)50-46-42-38-34-30-26-18-16-14-12-10-8-6-4-2/h10,12,16,18-19,21,44,48,53-54,58-59H,3-9,11,13-15,17,20,22-43,45-47,49-52H2,1-2H3,(H,57,60)/b12-10-,18-16-,21-19-,48-44+. The van der Waals surface area contributed by atoms with Gasteiger partial charge in [-0.2, -0.15) is 0 Å². The van der Waals surface area contributed by atoms with E-state index in [-0.39, 0.29) is 18.5 Å². The third kappa shape index (κ3) is 47.3. The molecule has 3 N–H and O–H groups in total. The fourth-order valence-corrected chi connectivity index (χ4v) is 7.88. The molecule has 0 aromatic rings. The normalized spacial score (nSPS) is 13.0. The van der Waals surface area contributed by atoms with Gasteiger partial charge >= 0.3 is 5.97 Å². The number of aliphatic hydroxyl groups excluding tert-OH is 2. The topological polar surface area (TPSA) is 95.9 Å². The maximum absolute atomic E-state index is 12.4. The number of carbonyl (C=O) groups is 2. The summed E-state index contributed by atoms with van der Waals surface area (Å²) >= 11 is 0. The van der Waals surface area contributed by atoms with Gasteiger partial charge in [0.1, 0.15) is 0 Å². The molecule has 0 aliphatic heterocycles. The number of hydrogen-bond donors (Lipinski definition) is 3. The Labute approximate surface area is 385 Å². The lowest BCUT2D eigenvalue weighted by molar-refractivity contribution is -0.143. The molecule has 2 unspecified atom stereocenters. The van der Waals surface area contributed by atoms with Gasteiger partial charge in [-0.1, -0.05) is 223 Å². The Kier molecular flexibility index (Phi) is 49.6. The second-order valence-electron chi connectivity index (χ2n) is 18.2. The fraction of sp³-hybridized carbons (Fsp3) is 0.821. The monoisotopic (exact) mass is 870 g/mol. The molecule has 6 nitrogen and oxygen atoms in total. The molecule has 0 rings (SSSR count). The zero-order valence-corrected chi connectivity index (χ0v) is 41.1. The van der Waals surface area contributed by atoms with Gasteiger partial charge in [-0.05, 0) is 83.5 Å². The largest absolute Gasteiger partial charge is 0.466 e. The molecule has 362 valence electrons. The summed E-state index contributed by atoms with van der Waals surface area (Å²) in [6, 6.07) is -0.637. The fourth-order valence-electron chi connectivity index (χ4n) is 7.88. The number of nitrogens with one attached hydrogen (secondary N) is 1. The van der Waals surface area contributed by atoms with Crippen molar-refractivity contribution in [3.05, 3.63) is 48.6 Å². The van der Waals surface area contributed by atoms with Crippen molar-refractivity contribution in [3.63, 3.8) is 0 Å². The predicted octanol–water partition coefficient (Wildman–Crippen LogP) is 16.2. The number of aliphatic hydroxyl groups is 2. The minimum Gasteiger partial charge on any atom is -0.466 e. The first kappa shape index (κ1) is 59.8. The van der Waals surface area contributed by atoms with Crippen LogP contribution >= 0.6 is 0 Å². The summed E-state index contributed by atoms with van der Waals surface area (Å²) in [6.07, 6.45) is 64.0. The van der Waals surface area contributed by atoms with E-state index in [0.29, 0.717) is 19.4 Å². The molecule has 0 bridgehead atoms. The van der Waals surface area contributed by atoms with Gasteiger partial charge in [-0.3, -0.25) is 9.59 Å².